The summed E-state index contributed by atoms with van der Waals surface area (Å²) in [7, 11) is 2.08. The van der Waals surface area contributed by atoms with Crippen LogP contribution in [0.25, 0.3) is 5.52 Å². The number of benzene rings is 1. The largest absolute Gasteiger partial charge is 0.322 e. The summed E-state index contributed by atoms with van der Waals surface area (Å²) in [5.41, 5.74) is 2.79. The Morgan fingerprint density at radius 2 is 2.03 bits per heavy atom. The van der Waals surface area contributed by atoms with Crippen molar-refractivity contribution in [3.63, 3.8) is 0 Å². The van der Waals surface area contributed by atoms with E-state index in [9.17, 15) is 4.39 Å². The Bertz CT molecular complexity index is 1140. The van der Waals surface area contributed by atoms with E-state index in [1.807, 2.05) is 48.0 Å². The zero-order valence-corrected chi connectivity index (χ0v) is 16.3. The molecule has 1 aliphatic rings. The highest BCUT2D eigenvalue weighted by Crippen LogP contribution is 2.36. The topological polar surface area (TPSA) is 74.1 Å². The van der Waals surface area contributed by atoms with E-state index in [0.717, 1.165) is 29.6 Å². The minimum absolute atomic E-state index is 0.170. The number of anilines is 2. The molecule has 1 fully saturated rings. The molecule has 0 aliphatic heterocycles. The van der Waals surface area contributed by atoms with Gasteiger partial charge in [0.05, 0.1) is 6.04 Å². The molecule has 8 heteroatoms. The predicted octanol–water partition coefficient (Wildman–Crippen LogP) is 3.83. The first-order valence-electron chi connectivity index (χ1n) is 9.70. The lowest BCUT2D eigenvalue weighted by molar-refractivity contribution is 0.257. The number of nitrogens with one attached hydrogen (secondary N) is 2. The highest BCUT2D eigenvalue weighted by atomic mass is 19.1. The maximum absolute atomic E-state index is 13.5. The summed E-state index contributed by atoms with van der Waals surface area (Å²) in [4.78, 5) is 7.15. The molecule has 0 bridgehead atoms. The molecule has 3 aromatic heterocycles. The monoisotopic (exact) mass is 391 g/mol. The van der Waals surface area contributed by atoms with Crippen molar-refractivity contribution in [1.82, 2.24) is 29.7 Å². The second-order valence-electron chi connectivity index (χ2n) is 7.57. The molecule has 148 valence electrons. The molecule has 1 unspecified atom stereocenters. The van der Waals surface area contributed by atoms with Gasteiger partial charge in [0.1, 0.15) is 11.3 Å². The van der Waals surface area contributed by atoms with Gasteiger partial charge in [0.15, 0.2) is 17.5 Å². The van der Waals surface area contributed by atoms with Crippen LogP contribution >= 0.6 is 0 Å². The Kier molecular flexibility index (Phi) is 4.28. The summed E-state index contributed by atoms with van der Waals surface area (Å²) in [6.45, 7) is 1.95. The van der Waals surface area contributed by atoms with E-state index in [1.54, 1.807) is 0 Å². The molecule has 0 spiro atoms. The number of hydrogen-bond donors (Lipinski definition) is 2. The van der Waals surface area contributed by atoms with Gasteiger partial charge in [-0.15, -0.1) is 0 Å². The van der Waals surface area contributed by atoms with Crippen LogP contribution in [0.3, 0.4) is 0 Å². The molecule has 1 atom stereocenters. The minimum atomic E-state index is -0.250. The first-order valence-corrected chi connectivity index (χ1v) is 9.70. The average Bonchev–Trinajstić information content (AvgIpc) is 3.32. The van der Waals surface area contributed by atoms with Crippen LogP contribution in [-0.4, -0.2) is 42.8 Å². The van der Waals surface area contributed by atoms with Crippen molar-refractivity contribution in [1.29, 1.82) is 0 Å². The molecule has 2 N–H and O–H groups in total. The van der Waals surface area contributed by atoms with E-state index in [-0.39, 0.29) is 11.9 Å². The number of nitrogens with zero attached hydrogens (tertiary/aromatic N) is 5. The fourth-order valence-electron chi connectivity index (χ4n) is 3.67. The van der Waals surface area contributed by atoms with Crippen molar-refractivity contribution in [3.05, 3.63) is 71.6 Å². The second-order valence-corrected chi connectivity index (χ2v) is 7.57. The summed E-state index contributed by atoms with van der Waals surface area (Å²) < 4.78 is 15.4. The van der Waals surface area contributed by atoms with Gasteiger partial charge >= 0.3 is 0 Å². The standard InChI is InChI=1S/C21H22FN7/c1-13-12-18(26-25-13)23-20-17-4-3-11-29(17)27-21(24-20)19(28(2)16-9-10-16)14-5-7-15(22)8-6-14/h3-8,11-12,16,19H,9-10H2,1-2H3,(H2,23,24,25,26,27). The van der Waals surface area contributed by atoms with Crippen molar-refractivity contribution in [3.8, 4) is 0 Å². The highest BCUT2D eigenvalue weighted by Gasteiger charge is 2.34. The number of aromatic amines is 1. The maximum atomic E-state index is 13.5. The lowest BCUT2D eigenvalue weighted by atomic mass is 10.0. The van der Waals surface area contributed by atoms with Gasteiger partial charge in [-0.3, -0.25) is 10.00 Å². The predicted molar refractivity (Wildman–Crippen MR) is 109 cm³/mol. The van der Waals surface area contributed by atoms with E-state index in [0.29, 0.717) is 23.5 Å². The van der Waals surface area contributed by atoms with Crippen LogP contribution in [0.15, 0.2) is 48.7 Å². The molecule has 1 saturated carbocycles. The summed E-state index contributed by atoms with van der Waals surface area (Å²) in [5, 5.41) is 15.3. The van der Waals surface area contributed by atoms with E-state index >= 15 is 0 Å². The van der Waals surface area contributed by atoms with E-state index in [4.69, 9.17) is 10.1 Å². The SMILES string of the molecule is Cc1cc(Nc2nc(C(c3ccc(F)cc3)N(C)C3CC3)nn3cccc23)n[nH]1. The van der Waals surface area contributed by atoms with Crippen LogP contribution < -0.4 is 5.32 Å². The number of fused-ring (bicyclic) bond motifs is 1. The molecule has 1 aliphatic carbocycles. The third-order valence-electron chi connectivity index (χ3n) is 5.32. The van der Waals surface area contributed by atoms with Crippen LogP contribution in [0.5, 0.6) is 0 Å². The third-order valence-corrected chi connectivity index (χ3v) is 5.32. The number of aryl methyl sites for hydroxylation is 1. The molecule has 1 aromatic carbocycles. The van der Waals surface area contributed by atoms with Crippen molar-refractivity contribution in [2.45, 2.75) is 31.8 Å². The smallest absolute Gasteiger partial charge is 0.173 e. The number of H-pyrrole nitrogens is 1. The molecule has 29 heavy (non-hydrogen) atoms. The van der Waals surface area contributed by atoms with Crippen molar-refractivity contribution >= 4 is 17.2 Å². The normalized spacial score (nSPS) is 15.2. The molecule has 4 aromatic rings. The Hall–Kier alpha value is -3.26. The molecule has 7 nitrogen and oxygen atoms in total. The average molecular weight is 391 g/mol. The molecular weight excluding hydrogens is 369 g/mol. The van der Waals surface area contributed by atoms with E-state index in [2.05, 4.69) is 27.5 Å². The van der Waals surface area contributed by atoms with Gasteiger partial charge in [-0.2, -0.15) is 10.2 Å². The number of halogens is 1. The van der Waals surface area contributed by atoms with Crippen LogP contribution in [0, 0.1) is 12.7 Å². The Morgan fingerprint density at radius 1 is 1.24 bits per heavy atom. The zero-order valence-electron chi connectivity index (χ0n) is 16.3. The lowest BCUT2D eigenvalue weighted by Crippen LogP contribution is -2.30. The minimum Gasteiger partial charge on any atom is -0.322 e. The van der Waals surface area contributed by atoms with Gasteiger partial charge in [0, 0.05) is 24.0 Å². The summed E-state index contributed by atoms with van der Waals surface area (Å²) in [5.74, 6) is 1.79. The van der Waals surface area contributed by atoms with Gasteiger partial charge in [-0.05, 0) is 56.6 Å². The summed E-state index contributed by atoms with van der Waals surface area (Å²) in [6.07, 6.45) is 4.20. The first-order chi connectivity index (χ1) is 14.1. The lowest BCUT2D eigenvalue weighted by Gasteiger charge is -2.27. The molecule has 5 rings (SSSR count). The van der Waals surface area contributed by atoms with Crippen molar-refractivity contribution in [2.24, 2.45) is 0 Å². The van der Waals surface area contributed by atoms with Crippen molar-refractivity contribution < 1.29 is 4.39 Å². The van der Waals surface area contributed by atoms with E-state index in [1.165, 1.54) is 12.1 Å². The molecular formula is C21H22FN7. The van der Waals surface area contributed by atoms with Crippen molar-refractivity contribution in [2.75, 3.05) is 12.4 Å². The van der Waals surface area contributed by atoms with Gasteiger partial charge in [-0.1, -0.05) is 12.1 Å². The molecule has 0 saturated heterocycles. The van der Waals surface area contributed by atoms with Gasteiger partial charge in [0.2, 0.25) is 0 Å². The summed E-state index contributed by atoms with van der Waals surface area (Å²) >= 11 is 0. The zero-order chi connectivity index (χ0) is 20.0. The van der Waals surface area contributed by atoms with Gasteiger partial charge < -0.3 is 5.32 Å². The third kappa shape index (κ3) is 3.47. The Balaban J connectivity index is 1.61. The van der Waals surface area contributed by atoms with Gasteiger partial charge in [-0.25, -0.2) is 13.9 Å². The fraction of sp³-hybridized carbons (Fsp3) is 0.286. The Labute approximate surface area is 167 Å². The Morgan fingerprint density at radius 3 is 2.72 bits per heavy atom. The molecule has 3 heterocycles. The quantitative estimate of drug-likeness (QED) is 0.523. The molecule has 0 amide bonds. The van der Waals surface area contributed by atoms with Crippen LogP contribution in [-0.2, 0) is 0 Å². The maximum Gasteiger partial charge on any atom is 0.173 e. The second kappa shape index (κ2) is 6.97. The molecule has 0 radical (unpaired) electrons. The fourth-order valence-corrected chi connectivity index (χ4v) is 3.67. The first kappa shape index (κ1) is 17.8. The van der Waals surface area contributed by atoms with Crippen LogP contribution in [0.2, 0.25) is 0 Å². The number of rotatable bonds is 6. The highest BCUT2D eigenvalue weighted by molar-refractivity contribution is 5.72. The summed E-state index contributed by atoms with van der Waals surface area (Å²) in [6, 6.07) is 12.7. The number of aromatic nitrogens is 5. The van der Waals surface area contributed by atoms with E-state index < -0.39 is 0 Å². The van der Waals surface area contributed by atoms with Crippen LogP contribution in [0.1, 0.15) is 36.0 Å². The van der Waals surface area contributed by atoms with Gasteiger partial charge in [0.25, 0.3) is 0 Å². The number of hydrogen-bond acceptors (Lipinski definition) is 5. The van der Waals surface area contributed by atoms with Crippen LogP contribution in [0.4, 0.5) is 16.0 Å².